The van der Waals surface area contributed by atoms with E-state index in [1.807, 2.05) is 4.90 Å². The van der Waals surface area contributed by atoms with Crippen molar-refractivity contribution in [3.63, 3.8) is 0 Å². The van der Waals surface area contributed by atoms with Crippen LogP contribution in [0.25, 0.3) is 0 Å². The molecule has 138 valence electrons. The van der Waals surface area contributed by atoms with Crippen LogP contribution in [-0.2, 0) is 16.0 Å². The van der Waals surface area contributed by atoms with Crippen molar-refractivity contribution in [3.8, 4) is 0 Å². The van der Waals surface area contributed by atoms with Crippen LogP contribution in [0.4, 0.5) is 16.0 Å². The Balaban J connectivity index is 1.70. The lowest BCUT2D eigenvalue weighted by Crippen LogP contribution is -2.45. The maximum absolute atomic E-state index is 14.5. The van der Waals surface area contributed by atoms with Gasteiger partial charge < -0.3 is 14.8 Å². The van der Waals surface area contributed by atoms with Crippen molar-refractivity contribution in [1.29, 1.82) is 0 Å². The fourth-order valence-corrected chi connectivity index (χ4v) is 2.93. The normalized spacial score (nSPS) is 16.3. The minimum Gasteiger partial charge on any atom is -0.379 e. The molecular formula is C18H20ClFN4O2. The van der Waals surface area contributed by atoms with E-state index in [1.54, 1.807) is 25.3 Å². The molecule has 2 aromatic rings. The van der Waals surface area contributed by atoms with Gasteiger partial charge in [0.05, 0.1) is 19.3 Å². The van der Waals surface area contributed by atoms with Gasteiger partial charge >= 0.3 is 0 Å². The number of benzene rings is 1. The van der Waals surface area contributed by atoms with Crippen molar-refractivity contribution in [3.05, 3.63) is 46.5 Å². The number of halogens is 2. The van der Waals surface area contributed by atoms with E-state index in [1.165, 1.54) is 6.07 Å². The summed E-state index contributed by atoms with van der Waals surface area (Å²) >= 11 is 5.97. The number of aryl methyl sites for hydroxylation is 1. The number of hydrogen-bond acceptors (Lipinski definition) is 6. The number of carbonyl (C=O) groups excluding carboxylic acids is 1. The predicted octanol–water partition coefficient (Wildman–Crippen LogP) is 2.76. The maximum Gasteiger partial charge on any atom is 0.228 e. The summed E-state index contributed by atoms with van der Waals surface area (Å²) in [5.41, 5.74) is 1.77. The van der Waals surface area contributed by atoms with E-state index in [4.69, 9.17) is 16.3 Å². The van der Waals surface area contributed by atoms with Gasteiger partial charge in [-0.3, -0.25) is 4.90 Å². The van der Waals surface area contributed by atoms with Crippen molar-refractivity contribution >= 4 is 29.5 Å². The van der Waals surface area contributed by atoms with Gasteiger partial charge in [-0.05, 0) is 31.0 Å². The highest BCUT2D eigenvalue weighted by atomic mass is 35.5. The van der Waals surface area contributed by atoms with Crippen LogP contribution in [-0.4, -0.2) is 53.5 Å². The molecule has 6 nitrogen and oxygen atoms in total. The summed E-state index contributed by atoms with van der Waals surface area (Å²) in [7, 11) is 0. The number of rotatable bonds is 6. The Morgan fingerprint density at radius 3 is 2.85 bits per heavy atom. The molecule has 1 aliphatic rings. The van der Waals surface area contributed by atoms with Crippen LogP contribution in [0, 0.1) is 12.7 Å². The molecule has 1 fully saturated rings. The highest BCUT2D eigenvalue weighted by Crippen LogP contribution is 2.21. The predicted molar refractivity (Wildman–Crippen MR) is 97.4 cm³/mol. The molecule has 8 heteroatoms. The standard InChI is InChI=1S/C18H20ClFN4O2/c1-12-10-21-18(23-17(12)19)22-14-3-2-13(16(20)9-14)8-15(11-25)24-4-6-26-7-5-24/h2-3,9-11,15H,4-8H2,1H3,(H,21,22,23). The number of nitrogens with zero attached hydrogens (tertiary/aromatic N) is 3. The molecule has 1 unspecified atom stereocenters. The van der Waals surface area contributed by atoms with E-state index in [9.17, 15) is 9.18 Å². The van der Waals surface area contributed by atoms with Gasteiger partial charge in [-0.1, -0.05) is 17.7 Å². The van der Waals surface area contributed by atoms with Gasteiger partial charge in [0.25, 0.3) is 0 Å². The Hall–Kier alpha value is -2.09. The lowest BCUT2D eigenvalue weighted by atomic mass is 10.0. The average Bonchev–Trinajstić information content (AvgIpc) is 2.65. The zero-order valence-corrected chi connectivity index (χ0v) is 15.2. The molecule has 1 N–H and O–H groups in total. The van der Waals surface area contributed by atoms with Crippen LogP contribution in [0.2, 0.25) is 5.15 Å². The highest BCUT2D eigenvalue weighted by Gasteiger charge is 2.22. The third-order valence-corrected chi connectivity index (χ3v) is 4.70. The summed E-state index contributed by atoms with van der Waals surface area (Å²) in [5.74, 6) is -0.0832. The molecule has 0 radical (unpaired) electrons. The van der Waals surface area contributed by atoms with Crippen LogP contribution in [0.3, 0.4) is 0 Å². The molecular weight excluding hydrogens is 359 g/mol. The van der Waals surface area contributed by atoms with Gasteiger partial charge in [0, 0.05) is 30.5 Å². The van der Waals surface area contributed by atoms with Crippen molar-refractivity contribution < 1.29 is 13.9 Å². The van der Waals surface area contributed by atoms with Crippen LogP contribution < -0.4 is 5.32 Å². The molecule has 3 rings (SSSR count). The Morgan fingerprint density at radius 1 is 1.42 bits per heavy atom. The maximum atomic E-state index is 14.5. The lowest BCUT2D eigenvalue weighted by molar-refractivity contribution is -0.114. The van der Waals surface area contributed by atoms with Crippen molar-refractivity contribution in [1.82, 2.24) is 14.9 Å². The fraction of sp³-hybridized carbons (Fsp3) is 0.389. The SMILES string of the molecule is Cc1cnc(Nc2ccc(CC(C=O)N3CCOCC3)c(F)c2)nc1Cl. The molecule has 0 bridgehead atoms. The molecule has 0 spiro atoms. The minimum atomic E-state index is -0.381. The molecule has 2 heterocycles. The fourth-order valence-electron chi connectivity index (χ4n) is 2.80. The second kappa shape index (κ2) is 8.53. The topological polar surface area (TPSA) is 67.4 Å². The molecule has 26 heavy (non-hydrogen) atoms. The lowest BCUT2D eigenvalue weighted by Gasteiger charge is -2.31. The average molecular weight is 379 g/mol. The Labute approximate surface area is 156 Å². The van der Waals surface area contributed by atoms with Crippen molar-refractivity contribution in [2.24, 2.45) is 0 Å². The highest BCUT2D eigenvalue weighted by molar-refractivity contribution is 6.30. The van der Waals surface area contributed by atoms with Gasteiger partial charge in [-0.15, -0.1) is 0 Å². The minimum absolute atomic E-state index is 0.298. The van der Waals surface area contributed by atoms with Gasteiger partial charge in [0.1, 0.15) is 17.3 Å². The number of aldehydes is 1. The number of nitrogens with one attached hydrogen (secondary N) is 1. The number of carbonyl (C=O) groups is 1. The van der Waals surface area contributed by atoms with E-state index < -0.39 is 0 Å². The Bertz CT molecular complexity index is 784. The summed E-state index contributed by atoms with van der Waals surface area (Å²) in [6.45, 7) is 4.34. The first-order valence-corrected chi connectivity index (χ1v) is 8.76. The molecule has 1 saturated heterocycles. The molecule has 1 aromatic heterocycles. The summed E-state index contributed by atoms with van der Waals surface area (Å²) < 4.78 is 19.8. The van der Waals surface area contributed by atoms with Gasteiger partial charge in [0.15, 0.2) is 0 Å². The second-order valence-corrected chi connectivity index (χ2v) is 6.51. The third kappa shape index (κ3) is 4.55. The zero-order valence-electron chi connectivity index (χ0n) is 14.4. The molecule has 0 aliphatic carbocycles. The molecule has 0 amide bonds. The monoisotopic (exact) mass is 378 g/mol. The smallest absolute Gasteiger partial charge is 0.228 e. The number of hydrogen-bond donors (Lipinski definition) is 1. The Kier molecular flexibility index (Phi) is 6.13. The van der Waals surface area contributed by atoms with Crippen LogP contribution in [0.5, 0.6) is 0 Å². The number of aromatic nitrogens is 2. The van der Waals surface area contributed by atoms with E-state index in [0.29, 0.717) is 55.1 Å². The number of anilines is 2. The van der Waals surface area contributed by atoms with Crippen LogP contribution in [0.15, 0.2) is 24.4 Å². The molecule has 1 aliphatic heterocycles. The van der Waals surface area contributed by atoms with Gasteiger partial charge in [0.2, 0.25) is 5.95 Å². The molecule has 0 saturated carbocycles. The van der Waals surface area contributed by atoms with E-state index in [-0.39, 0.29) is 11.9 Å². The van der Waals surface area contributed by atoms with E-state index >= 15 is 0 Å². The largest absolute Gasteiger partial charge is 0.379 e. The summed E-state index contributed by atoms with van der Waals surface area (Å²) in [6.07, 6.45) is 2.79. The first-order valence-electron chi connectivity index (χ1n) is 8.38. The molecule has 1 atom stereocenters. The zero-order chi connectivity index (χ0) is 18.5. The first kappa shape index (κ1) is 18.7. The summed E-state index contributed by atoms with van der Waals surface area (Å²) in [6, 6.07) is 4.42. The second-order valence-electron chi connectivity index (χ2n) is 6.15. The van der Waals surface area contributed by atoms with E-state index in [2.05, 4.69) is 15.3 Å². The summed E-state index contributed by atoms with van der Waals surface area (Å²) in [4.78, 5) is 21.7. The van der Waals surface area contributed by atoms with Crippen LogP contribution >= 0.6 is 11.6 Å². The first-order chi connectivity index (χ1) is 12.6. The van der Waals surface area contributed by atoms with Gasteiger partial charge in [-0.2, -0.15) is 0 Å². The van der Waals surface area contributed by atoms with Crippen LogP contribution in [0.1, 0.15) is 11.1 Å². The van der Waals surface area contributed by atoms with Gasteiger partial charge in [-0.25, -0.2) is 14.4 Å². The van der Waals surface area contributed by atoms with E-state index in [0.717, 1.165) is 11.8 Å². The van der Waals surface area contributed by atoms with Crippen molar-refractivity contribution in [2.75, 3.05) is 31.6 Å². The molecule has 1 aromatic carbocycles. The number of ether oxygens (including phenoxy) is 1. The Morgan fingerprint density at radius 2 is 2.19 bits per heavy atom. The number of morpholine rings is 1. The summed E-state index contributed by atoms with van der Waals surface area (Å²) in [5, 5.41) is 3.27. The third-order valence-electron chi connectivity index (χ3n) is 4.32. The quantitative estimate of drug-likeness (QED) is 0.616. The van der Waals surface area contributed by atoms with Crippen molar-refractivity contribution in [2.45, 2.75) is 19.4 Å².